The Balaban J connectivity index is 2.34. The van der Waals surface area contributed by atoms with Crippen LogP contribution in [0.15, 0.2) is 16.6 Å². The van der Waals surface area contributed by atoms with Gasteiger partial charge in [-0.3, -0.25) is 4.99 Å². The first kappa shape index (κ1) is 11.8. The minimum atomic E-state index is -1.21. The minimum absolute atomic E-state index is 0.205. The van der Waals surface area contributed by atoms with E-state index in [-0.39, 0.29) is 6.61 Å². The fourth-order valence-corrected chi connectivity index (χ4v) is 1.47. The van der Waals surface area contributed by atoms with Gasteiger partial charge in [0.15, 0.2) is 0 Å². The summed E-state index contributed by atoms with van der Waals surface area (Å²) in [5.41, 5.74) is 2.28. The zero-order chi connectivity index (χ0) is 11.1. The maximum Gasteiger partial charge on any atom is 0.506 e. The van der Waals surface area contributed by atoms with E-state index in [0.717, 1.165) is 37.8 Å². The van der Waals surface area contributed by atoms with E-state index < -0.39 is 6.16 Å². The molecule has 84 valence electrons. The van der Waals surface area contributed by atoms with Crippen LogP contribution in [0.5, 0.6) is 0 Å². The highest BCUT2D eigenvalue weighted by atomic mass is 16.7. The van der Waals surface area contributed by atoms with Crippen molar-refractivity contribution in [3.63, 3.8) is 0 Å². The van der Waals surface area contributed by atoms with Crippen molar-refractivity contribution < 1.29 is 14.6 Å². The molecule has 0 atom stereocenters. The van der Waals surface area contributed by atoms with Crippen LogP contribution in [0.4, 0.5) is 4.79 Å². The summed E-state index contributed by atoms with van der Waals surface area (Å²) in [6, 6.07) is 0. The Labute approximate surface area is 89.7 Å². The zero-order valence-electron chi connectivity index (χ0n) is 9.03. The third kappa shape index (κ3) is 4.63. The predicted octanol–water partition coefficient (Wildman–Crippen LogP) is 2.64. The van der Waals surface area contributed by atoms with Crippen LogP contribution in [0.25, 0.3) is 0 Å². The summed E-state index contributed by atoms with van der Waals surface area (Å²) in [7, 11) is 0. The van der Waals surface area contributed by atoms with Gasteiger partial charge in [-0.25, -0.2) is 4.79 Å². The van der Waals surface area contributed by atoms with Crippen molar-refractivity contribution in [2.45, 2.75) is 32.6 Å². The van der Waals surface area contributed by atoms with Crippen molar-refractivity contribution in [1.82, 2.24) is 0 Å². The van der Waals surface area contributed by atoms with E-state index in [1.807, 2.05) is 6.08 Å². The highest BCUT2D eigenvalue weighted by molar-refractivity contribution is 5.87. The lowest BCUT2D eigenvalue weighted by Crippen LogP contribution is -2.11. The average molecular weight is 211 g/mol. The second-order valence-corrected chi connectivity index (χ2v) is 3.57. The SMILES string of the molecule is CCCN=C1CC=C(COC(=O)O)CC1. The number of carboxylic acid groups (broad SMARTS) is 1. The lowest BCUT2D eigenvalue weighted by Gasteiger charge is -2.14. The highest BCUT2D eigenvalue weighted by Gasteiger charge is 2.10. The summed E-state index contributed by atoms with van der Waals surface area (Å²) in [6.45, 7) is 3.20. The first-order valence-electron chi connectivity index (χ1n) is 5.28. The summed E-state index contributed by atoms with van der Waals surface area (Å²) in [5.74, 6) is 0. The molecule has 15 heavy (non-hydrogen) atoms. The normalized spacial score (nSPS) is 18.7. The molecule has 0 aromatic rings. The zero-order valence-corrected chi connectivity index (χ0v) is 9.03. The number of carbonyl (C=O) groups is 1. The molecule has 0 aromatic heterocycles. The molecule has 0 saturated carbocycles. The van der Waals surface area contributed by atoms with Crippen LogP contribution >= 0.6 is 0 Å². The van der Waals surface area contributed by atoms with Gasteiger partial charge in [0, 0.05) is 18.7 Å². The Morgan fingerprint density at radius 2 is 2.40 bits per heavy atom. The van der Waals surface area contributed by atoms with Gasteiger partial charge in [-0.1, -0.05) is 13.0 Å². The molecule has 0 heterocycles. The van der Waals surface area contributed by atoms with Crippen molar-refractivity contribution in [3.05, 3.63) is 11.6 Å². The molecule has 0 radical (unpaired) electrons. The van der Waals surface area contributed by atoms with Crippen LogP contribution in [0, 0.1) is 0 Å². The molecule has 1 aliphatic rings. The Morgan fingerprint density at radius 1 is 1.60 bits per heavy atom. The van der Waals surface area contributed by atoms with E-state index in [1.165, 1.54) is 5.71 Å². The Kier molecular flexibility index (Phi) is 4.87. The van der Waals surface area contributed by atoms with E-state index in [4.69, 9.17) is 5.11 Å². The van der Waals surface area contributed by atoms with Crippen molar-refractivity contribution in [1.29, 1.82) is 0 Å². The summed E-state index contributed by atoms with van der Waals surface area (Å²) in [5, 5.41) is 8.34. The fourth-order valence-electron chi connectivity index (χ4n) is 1.47. The molecule has 0 unspecified atom stereocenters. The van der Waals surface area contributed by atoms with Crippen LogP contribution in [-0.4, -0.2) is 30.1 Å². The standard InChI is InChI=1S/C11H17NO3/c1-2-7-12-10-5-3-9(4-6-10)8-15-11(13)14/h3H,2,4-8H2,1H3,(H,13,14). The molecule has 0 fully saturated rings. The molecule has 0 spiro atoms. The predicted molar refractivity (Wildman–Crippen MR) is 58.5 cm³/mol. The maximum absolute atomic E-state index is 10.2. The number of hydrogen-bond acceptors (Lipinski definition) is 3. The molecule has 1 N–H and O–H groups in total. The first-order chi connectivity index (χ1) is 7.22. The van der Waals surface area contributed by atoms with Gasteiger partial charge in [-0.05, 0) is 24.8 Å². The largest absolute Gasteiger partial charge is 0.506 e. The molecule has 0 amide bonds. The van der Waals surface area contributed by atoms with Crippen LogP contribution in [0.3, 0.4) is 0 Å². The molecule has 0 bridgehead atoms. The quantitative estimate of drug-likeness (QED) is 0.574. The first-order valence-corrected chi connectivity index (χ1v) is 5.28. The second-order valence-electron chi connectivity index (χ2n) is 3.57. The number of ether oxygens (including phenoxy) is 1. The van der Waals surface area contributed by atoms with Crippen LogP contribution in [0.2, 0.25) is 0 Å². The third-order valence-corrected chi connectivity index (χ3v) is 2.30. The van der Waals surface area contributed by atoms with Crippen LogP contribution in [-0.2, 0) is 4.74 Å². The highest BCUT2D eigenvalue weighted by Crippen LogP contribution is 2.16. The summed E-state index contributed by atoms with van der Waals surface area (Å²) >= 11 is 0. The molecule has 4 heteroatoms. The lowest BCUT2D eigenvalue weighted by molar-refractivity contribution is 0.0989. The van der Waals surface area contributed by atoms with Crippen molar-refractivity contribution >= 4 is 11.9 Å². The van der Waals surface area contributed by atoms with Gasteiger partial charge in [0.25, 0.3) is 0 Å². The molecule has 0 saturated heterocycles. The third-order valence-electron chi connectivity index (χ3n) is 2.30. The Hall–Kier alpha value is -1.32. The van der Waals surface area contributed by atoms with E-state index in [1.54, 1.807) is 0 Å². The molecular weight excluding hydrogens is 194 g/mol. The van der Waals surface area contributed by atoms with Crippen molar-refractivity contribution in [2.24, 2.45) is 4.99 Å². The molecule has 0 aliphatic heterocycles. The number of nitrogens with zero attached hydrogens (tertiary/aromatic N) is 1. The monoisotopic (exact) mass is 211 g/mol. The number of aliphatic imine (C=N–C) groups is 1. The van der Waals surface area contributed by atoms with Crippen molar-refractivity contribution in [3.8, 4) is 0 Å². The van der Waals surface area contributed by atoms with E-state index in [9.17, 15) is 4.79 Å². The average Bonchev–Trinajstić information content (AvgIpc) is 2.25. The van der Waals surface area contributed by atoms with E-state index in [2.05, 4.69) is 16.7 Å². The van der Waals surface area contributed by atoms with Gasteiger partial charge in [0.2, 0.25) is 0 Å². The molecule has 0 aromatic carbocycles. The smallest absolute Gasteiger partial charge is 0.450 e. The van der Waals surface area contributed by atoms with Gasteiger partial charge in [0.05, 0.1) is 0 Å². The van der Waals surface area contributed by atoms with Gasteiger partial charge in [-0.15, -0.1) is 0 Å². The maximum atomic E-state index is 10.2. The number of allylic oxidation sites excluding steroid dienone is 1. The summed E-state index contributed by atoms with van der Waals surface area (Å²) in [6.07, 6.45) is 4.55. The number of hydrogen-bond donors (Lipinski definition) is 1. The molecule has 1 rings (SSSR count). The fraction of sp³-hybridized carbons (Fsp3) is 0.636. The molecule has 4 nitrogen and oxygen atoms in total. The summed E-state index contributed by atoms with van der Waals surface area (Å²) in [4.78, 5) is 14.6. The summed E-state index contributed by atoms with van der Waals surface area (Å²) < 4.78 is 4.51. The van der Waals surface area contributed by atoms with Gasteiger partial charge >= 0.3 is 6.16 Å². The molecule has 1 aliphatic carbocycles. The minimum Gasteiger partial charge on any atom is -0.450 e. The van der Waals surface area contributed by atoms with Gasteiger partial charge in [0.1, 0.15) is 6.61 Å². The Morgan fingerprint density at radius 3 is 2.93 bits per heavy atom. The van der Waals surface area contributed by atoms with Crippen LogP contribution in [0.1, 0.15) is 32.6 Å². The van der Waals surface area contributed by atoms with Gasteiger partial charge < -0.3 is 9.84 Å². The van der Waals surface area contributed by atoms with Crippen molar-refractivity contribution in [2.75, 3.05) is 13.2 Å². The van der Waals surface area contributed by atoms with E-state index in [0.29, 0.717) is 0 Å². The van der Waals surface area contributed by atoms with Crippen LogP contribution < -0.4 is 0 Å². The lowest BCUT2D eigenvalue weighted by atomic mass is 9.98. The molecular formula is C11H17NO3. The second kappa shape index (κ2) is 6.22. The van der Waals surface area contributed by atoms with Gasteiger partial charge in [-0.2, -0.15) is 0 Å². The Bertz CT molecular complexity index is 282. The number of rotatable bonds is 4. The topological polar surface area (TPSA) is 58.9 Å². The van der Waals surface area contributed by atoms with E-state index >= 15 is 0 Å².